The van der Waals surface area contributed by atoms with Gasteiger partial charge in [0.2, 0.25) is 0 Å². The van der Waals surface area contributed by atoms with Gasteiger partial charge in [0.25, 0.3) is 11.8 Å². The second kappa shape index (κ2) is 11.1. The van der Waals surface area contributed by atoms with Gasteiger partial charge in [-0.3, -0.25) is 15.0 Å². The predicted octanol–water partition coefficient (Wildman–Crippen LogP) is 3.58. The molecule has 2 aromatic heterocycles. The smallest absolute Gasteiger partial charge is 0.330 e. The molecule has 0 unspecified atom stereocenters. The predicted molar refractivity (Wildman–Crippen MR) is 129 cm³/mol. The van der Waals surface area contributed by atoms with E-state index in [4.69, 9.17) is 0 Å². The Morgan fingerprint density at radius 3 is 2.35 bits per heavy atom. The molecule has 0 fully saturated rings. The quantitative estimate of drug-likeness (QED) is 0.432. The van der Waals surface area contributed by atoms with Gasteiger partial charge in [-0.2, -0.15) is 18.3 Å². The van der Waals surface area contributed by atoms with Crippen molar-refractivity contribution in [3.8, 4) is 5.82 Å². The van der Waals surface area contributed by atoms with Gasteiger partial charge in [0, 0.05) is 26.4 Å². The minimum absolute atomic E-state index is 0.000879. The molecule has 1 aromatic carbocycles. The van der Waals surface area contributed by atoms with Gasteiger partial charge in [-0.15, -0.1) is 0 Å². The van der Waals surface area contributed by atoms with Crippen LogP contribution in [0.3, 0.4) is 0 Å². The number of amides is 4. The Bertz CT molecular complexity index is 1320. The van der Waals surface area contributed by atoms with Crippen LogP contribution in [0.25, 0.3) is 5.82 Å². The summed E-state index contributed by atoms with van der Waals surface area (Å²) in [6.07, 6.45) is -2.41. The number of nitrogens with zero attached hydrogens (tertiary/aromatic N) is 4. The number of benzene rings is 1. The third-order valence-electron chi connectivity index (χ3n) is 5.36. The summed E-state index contributed by atoms with van der Waals surface area (Å²) in [5, 5.41) is 6.11. The van der Waals surface area contributed by atoms with Crippen molar-refractivity contribution in [2.75, 3.05) is 19.4 Å². The van der Waals surface area contributed by atoms with Crippen LogP contribution < -0.4 is 16.2 Å². The second-order valence-electron chi connectivity index (χ2n) is 8.13. The Morgan fingerprint density at radius 1 is 1.00 bits per heavy atom. The standard InChI is InChI=1S/C24H26F3N7O3/c1-5-14-9-10-17(16(12-14)21(35)30-31-23(37)33(3)4)29-22(36)18-13-19(24(25,26)27)32-34(18)20-15(6-2)8-7-11-28-20/h7-13H,5-6H2,1-4H3,(H,29,36)(H,30,35)(H,31,37). The van der Waals surface area contributed by atoms with Gasteiger partial charge < -0.3 is 10.2 Å². The number of hydrogen-bond acceptors (Lipinski definition) is 5. The molecule has 13 heteroatoms. The molecule has 10 nitrogen and oxygen atoms in total. The number of hydrogen-bond donors (Lipinski definition) is 3. The number of aryl methyl sites for hydroxylation is 2. The largest absolute Gasteiger partial charge is 0.435 e. The van der Waals surface area contributed by atoms with Gasteiger partial charge in [-0.1, -0.05) is 26.0 Å². The summed E-state index contributed by atoms with van der Waals surface area (Å²) in [5.41, 5.74) is 4.15. The molecular weight excluding hydrogens is 491 g/mol. The van der Waals surface area contributed by atoms with Crippen LogP contribution in [-0.4, -0.2) is 51.6 Å². The lowest BCUT2D eigenvalue weighted by Crippen LogP contribution is -2.46. The number of hydrazine groups is 1. The van der Waals surface area contributed by atoms with Crippen molar-refractivity contribution in [2.45, 2.75) is 32.9 Å². The first-order valence-electron chi connectivity index (χ1n) is 11.3. The summed E-state index contributed by atoms with van der Waals surface area (Å²) in [4.78, 5) is 43.2. The van der Waals surface area contributed by atoms with Gasteiger partial charge in [0.05, 0.1) is 11.3 Å². The topological polar surface area (TPSA) is 121 Å². The first-order chi connectivity index (χ1) is 17.5. The van der Waals surface area contributed by atoms with Crippen LogP contribution in [0, 0.1) is 0 Å². The van der Waals surface area contributed by atoms with Crippen molar-refractivity contribution in [3.63, 3.8) is 0 Å². The molecule has 0 saturated heterocycles. The van der Waals surface area contributed by atoms with Crippen LogP contribution >= 0.6 is 0 Å². The minimum Gasteiger partial charge on any atom is -0.330 e. The zero-order valence-electron chi connectivity index (χ0n) is 20.6. The lowest BCUT2D eigenvalue weighted by molar-refractivity contribution is -0.141. The van der Waals surface area contributed by atoms with Crippen LogP contribution in [0.1, 0.15) is 51.5 Å². The van der Waals surface area contributed by atoms with Crippen LogP contribution in [0.2, 0.25) is 0 Å². The number of halogens is 3. The molecule has 4 amide bonds. The Labute approximate surface area is 210 Å². The summed E-state index contributed by atoms with van der Waals surface area (Å²) in [5.74, 6) is -1.59. The average molecular weight is 518 g/mol. The van der Waals surface area contributed by atoms with E-state index in [2.05, 4.69) is 26.3 Å². The maximum atomic E-state index is 13.5. The van der Waals surface area contributed by atoms with E-state index in [0.29, 0.717) is 24.5 Å². The lowest BCUT2D eigenvalue weighted by atomic mass is 10.1. The fourth-order valence-electron chi connectivity index (χ4n) is 3.32. The van der Waals surface area contributed by atoms with Crippen LogP contribution in [0.15, 0.2) is 42.6 Å². The molecule has 3 N–H and O–H groups in total. The fourth-order valence-corrected chi connectivity index (χ4v) is 3.32. The first kappa shape index (κ1) is 27.2. The molecule has 0 spiro atoms. The highest BCUT2D eigenvalue weighted by molar-refractivity contribution is 6.08. The van der Waals surface area contributed by atoms with Gasteiger partial charge in [0.1, 0.15) is 5.69 Å². The molecule has 0 atom stereocenters. The van der Waals surface area contributed by atoms with Crippen LogP contribution in [0.5, 0.6) is 0 Å². The average Bonchev–Trinajstić information content (AvgIpc) is 3.33. The van der Waals surface area contributed by atoms with Crippen LogP contribution in [-0.2, 0) is 19.0 Å². The Morgan fingerprint density at radius 2 is 1.73 bits per heavy atom. The van der Waals surface area contributed by atoms with Gasteiger partial charge in [0.15, 0.2) is 11.5 Å². The van der Waals surface area contributed by atoms with Crippen molar-refractivity contribution in [1.29, 1.82) is 0 Å². The molecule has 3 rings (SSSR count). The highest BCUT2D eigenvalue weighted by Crippen LogP contribution is 2.30. The molecule has 0 radical (unpaired) electrons. The van der Waals surface area contributed by atoms with Gasteiger partial charge in [-0.05, 0) is 42.2 Å². The molecule has 2 heterocycles. The molecule has 0 aliphatic heterocycles. The molecule has 0 aliphatic rings. The summed E-state index contributed by atoms with van der Waals surface area (Å²) in [6, 6.07) is 7.98. The lowest BCUT2D eigenvalue weighted by Gasteiger charge is -2.16. The van der Waals surface area contributed by atoms with E-state index in [-0.39, 0.29) is 17.1 Å². The van der Waals surface area contributed by atoms with Gasteiger partial charge >= 0.3 is 12.2 Å². The Balaban J connectivity index is 2.01. The van der Waals surface area contributed by atoms with E-state index >= 15 is 0 Å². The maximum Gasteiger partial charge on any atom is 0.435 e. The zero-order valence-corrected chi connectivity index (χ0v) is 20.6. The van der Waals surface area contributed by atoms with E-state index in [0.717, 1.165) is 10.2 Å². The van der Waals surface area contributed by atoms with Crippen molar-refractivity contribution < 1.29 is 27.6 Å². The fraction of sp³-hybridized carbons (Fsp3) is 0.292. The summed E-state index contributed by atoms with van der Waals surface area (Å²) in [7, 11) is 2.96. The molecule has 0 aliphatic carbocycles. The summed E-state index contributed by atoms with van der Waals surface area (Å²) in [6.45, 7) is 3.65. The molecule has 0 saturated carbocycles. The molecule has 196 valence electrons. The van der Waals surface area contributed by atoms with E-state index in [1.807, 2.05) is 6.92 Å². The van der Waals surface area contributed by atoms with Crippen LogP contribution in [0.4, 0.5) is 23.7 Å². The highest BCUT2D eigenvalue weighted by atomic mass is 19.4. The normalized spacial score (nSPS) is 11.1. The zero-order chi connectivity index (χ0) is 27.3. The third-order valence-corrected chi connectivity index (χ3v) is 5.36. The third kappa shape index (κ3) is 6.23. The number of alkyl halides is 3. The Kier molecular flexibility index (Phi) is 8.15. The van der Waals surface area contributed by atoms with Crippen molar-refractivity contribution in [2.24, 2.45) is 0 Å². The maximum absolute atomic E-state index is 13.5. The van der Waals surface area contributed by atoms with Crippen molar-refractivity contribution in [3.05, 3.63) is 70.7 Å². The van der Waals surface area contributed by atoms with E-state index in [1.165, 1.54) is 37.3 Å². The summed E-state index contributed by atoms with van der Waals surface area (Å²) < 4.78 is 41.4. The number of carbonyl (C=O) groups excluding carboxylic acids is 3. The molecular formula is C24H26F3N7O3. The second-order valence-corrected chi connectivity index (χ2v) is 8.13. The number of nitrogens with one attached hydrogen (secondary N) is 3. The number of rotatable bonds is 6. The highest BCUT2D eigenvalue weighted by Gasteiger charge is 2.36. The number of anilines is 1. The number of urea groups is 1. The van der Waals surface area contributed by atoms with E-state index in [1.54, 1.807) is 25.1 Å². The van der Waals surface area contributed by atoms with Gasteiger partial charge in [-0.25, -0.2) is 19.9 Å². The molecule has 37 heavy (non-hydrogen) atoms. The molecule has 3 aromatic rings. The van der Waals surface area contributed by atoms with E-state index < -0.39 is 35.4 Å². The minimum atomic E-state index is -4.81. The SMILES string of the molecule is CCc1ccc(NC(=O)c2cc(C(F)(F)F)nn2-c2ncccc2CC)c(C(=O)NNC(=O)N(C)C)c1. The number of pyridine rings is 1. The number of aromatic nitrogens is 3. The monoisotopic (exact) mass is 517 g/mol. The Hall–Kier alpha value is -4.42. The number of carbonyl (C=O) groups is 3. The van der Waals surface area contributed by atoms with Crippen molar-refractivity contribution in [1.82, 2.24) is 30.5 Å². The van der Waals surface area contributed by atoms with Crippen molar-refractivity contribution >= 4 is 23.5 Å². The molecule has 0 bridgehead atoms. The first-order valence-corrected chi connectivity index (χ1v) is 11.3. The summed E-state index contributed by atoms with van der Waals surface area (Å²) >= 11 is 0. The van der Waals surface area contributed by atoms with E-state index in [9.17, 15) is 27.6 Å².